The molecule has 0 saturated heterocycles. The summed E-state index contributed by atoms with van der Waals surface area (Å²) in [7, 11) is 0. The molecule has 0 radical (unpaired) electrons. The normalized spacial score (nSPS) is 9.87. The minimum absolute atomic E-state index is 0.258. The molecule has 2 aromatic rings. The van der Waals surface area contributed by atoms with Gasteiger partial charge >= 0.3 is 5.56 Å². The first-order chi connectivity index (χ1) is 7.36. The van der Waals surface area contributed by atoms with Gasteiger partial charge in [-0.15, -0.1) is 0 Å². The van der Waals surface area contributed by atoms with Crippen molar-refractivity contribution >= 4 is 0 Å². The summed E-state index contributed by atoms with van der Waals surface area (Å²) in [6, 6.07) is 5.22. The molecule has 0 bridgehead atoms. The lowest BCUT2D eigenvalue weighted by Gasteiger charge is -2.03. The maximum Gasteiger partial charge on any atom is 0.306 e. The zero-order valence-electron chi connectivity index (χ0n) is 7.88. The molecule has 2 aromatic heterocycles. The van der Waals surface area contributed by atoms with Crippen LogP contribution in [0, 0.1) is 0 Å². The van der Waals surface area contributed by atoms with Crippen molar-refractivity contribution in [2.75, 3.05) is 0 Å². The van der Waals surface area contributed by atoms with E-state index in [1.54, 1.807) is 12.4 Å². The quantitative estimate of drug-likeness (QED) is 0.799. The first-order valence-corrected chi connectivity index (χ1v) is 4.41. The smallest absolute Gasteiger partial charge is 0.306 e. The molecule has 0 aromatic carbocycles. The van der Waals surface area contributed by atoms with Crippen molar-refractivity contribution in [3.05, 3.63) is 52.7 Å². The largest absolute Gasteiger partial charge is 0.483 e. The number of aromatic amines is 1. The Bertz CT molecular complexity index is 481. The Labute approximate surface area is 85.8 Å². The molecule has 0 spiro atoms. The Hall–Kier alpha value is -2.17. The number of H-pyrrole nitrogens is 1. The zero-order chi connectivity index (χ0) is 10.5. The third kappa shape index (κ3) is 2.40. The van der Waals surface area contributed by atoms with Gasteiger partial charge in [-0.2, -0.15) is 5.10 Å². The fraction of sp³-hybridized carbons (Fsp3) is 0.100. The van der Waals surface area contributed by atoms with Crippen LogP contribution in [0.4, 0.5) is 0 Å². The van der Waals surface area contributed by atoms with Crippen LogP contribution in [0.25, 0.3) is 0 Å². The fourth-order valence-electron chi connectivity index (χ4n) is 1.09. The molecule has 0 aliphatic carbocycles. The van der Waals surface area contributed by atoms with E-state index < -0.39 is 0 Å². The van der Waals surface area contributed by atoms with Crippen molar-refractivity contribution in [3.63, 3.8) is 0 Å². The van der Waals surface area contributed by atoms with Crippen LogP contribution in [0.3, 0.4) is 0 Å². The van der Waals surface area contributed by atoms with E-state index in [9.17, 15) is 4.79 Å². The van der Waals surface area contributed by atoms with Gasteiger partial charge in [-0.3, -0.25) is 9.78 Å². The van der Waals surface area contributed by atoms with Gasteiger partial charge in [0, 0.05) is 24.0 Å². The van der Waals surface area contributed by atoms with Crippen LogP contribution in [0.2, 0.25) is 0 Å². The summed E-state index contributed by atoms with van der Waals surface area (Å²) in [6.45, 7) is 0.320. The van der Waals surface area contributed by atoms with Crippen molar-refractivity contribution in [2.24, 2.45) is 0 Å². The van der Waals surface area contributed by atoms with Crippen LogP contribution in [0.5, 0.6) is 5.75 Å². The molecular formula is C10H9N3O2. The zero-order valence-corrected chi connectivity index (χ0v) is 7.88. The van der Waals surface area contributed by atoms with Gasteiger partial charge in [0.15, 0.2) is 5.75 Å². The lowest BCUT2D eigenvalue weighted by molar-refractivity contribution is 0.300. The molecule has 76 valence electrons. The number of hydrogen-bond acceptors (Lipinski definition) is 4. The molecule has 0 amide bonds. The topological polar surface area (TPSA) is 67.9 Å². The van der Waals surface area contributed by atoms with Gasteiger partial charge in [-0.05, 0) is 6.07 Å². The van der Waals surface area contributed by atoms with E-state index >= 15 is 0 Å². The number of nitrogens with one attached hydrogen (secondary N) is 1. The van der Waals surface area contributed by atoms with Crippen LogP contribution in [-0.2, 0) is 6.61 Å². The Morgan fingerprint density at radius 3 is 3.00 bits per heavy atom. The average molecular weight is 203 g/mol. The molecule has 2 heterocycles. The standard InChI is InChI=1S/C10H9N3O2/c14-10-9(3-5-12-13-10)15-7-8-2-1-4-11-6-8/h1-6H,7H2,(H,13,14). The first-order valence-electron chi connectivity index (χ1n) is 4.41. The summed E-state index contributed by atoms with van der Waals surface area (Å²) >= 11 is 0. The highest BCUT2D eigenvalue weighted by Crippen LogP contribution is 2.03. The van der Waals surface area contributed by atoms with Crippen molar-refractivity contribution in [1.82, 2.24) is 15.2 Å². The van der Waals surface area contributed by atoms with Crippen LogP contribution in [-0.4, -0.2) is 15.2 Å². The van der Waals surface area contributed by atoms with Crippen LogP contribution in [0.15, 0.2) is 41.6 Å². The maximum absolute atomic E-state index is 11.2. The highest BCUT2D eigenvalue weighted by Gasteiger charge is 1.99. The van der Waals surface area contributed by atoms with E-state index in [1.165, 1.54) is 12.3 Å². The van der Waals surface area contributed by atoms with Crippen LogP contribution in [0.1, 0.15) is 5.56 Å². The van der Waals surface area contributed by atoms with Gasteiger partial charge in [0.1, 0.15) is 6.61 Å². The van der Waals surface area contributed by atoms with Gasteiger partial charge in [0.05, 0.1) is 6.20 Å². The SMILES string of the molecule is O=c1[nH]nccc1OCc1cccnc1. The molecule has 5 heteroatoms. The molecule has 0 aliphatic rings. The van der Waals surface area contributed by atoms with Crippen molar-refractivity contribution < 1.29 is 4.74 Å². The molecule has 0 fully saturated rings. The fourth-order valence-corrected chi connectivity index (χ4v) is 1.09. The summed E-state index contributed by atoms with van der Waals surface area (Å²) in [5, 5.41) is 5.86. The third-order valence-corrected chi connectivity index (χ3v) is 1.81. The van der Waals surface area contributed by atoms with Gasteiger partial charge in [0.2, 0.25) is 0 Å². The Morgan fingerprint density at radius 1 is 1.33 bits per heavy atom. The molecule has 1 N–H and O–H groups in total. The number of pyridine rings is 1. The summed E-state index contributed by atoms with van der Waals surface area (Å²) in [6.07, 6.45) is 4.85. The second-order valence-electron chi connectivity index (χ2n) is 2.90. The summed E-state index contributed by atoms with van der Waals surface area (Å²) in [5.74, 6) is 0.258. The number of nitrogens with zero attached hydrogens (tertiary/aromatic N) is 2. The third-order valence-electron chi connectivity index (χ3n) is 1.81. The van der Waals surface area contributed by atoms with E-state index in [2.05, 4.69) is 15.2 Å². The van der Waals surface area contributed by atoms with Crippen molar-refractivity contribution in [1.29, 1.82) is 0 Å². The second kappa shape index (κ2) is 4.36. The molecule has 2 rings (SSSR count). The minimum atomic E-state index is -0.332. The van der Waals surface area contributed by atoms with Gasteiger partial charge in [0.25, 0.3) is 0 Å². The van der Waals surface area contributed by atoms with Crippen molar-refractivity contribution in [3.8, 4) is 5.75 Å². The molecule has 0 unspecified atom stereocenters. The lowest BCUT2D eigenvalue weighted by Crippen LogP contribution is -2.11. The minimum Gasteiger partial charge on any atom is -0.483 e. The van der Waals surface area contributed by atoms with Crippen LogP contribution < -0.4 is 10.3 Å². The second-order valence-corrected chi connectivity index (χ2v) is 2.90. The molecular weight excluding hydrogens is 194 g/mol. The number of rotatable bonds is 3. The highest BCUT2D eigenvalue weighted by molar-refractivity contribution is 5.15. The molecule has 0 saturated carbocycles. The van der Waals surface area contributed by atoms with E-state index in [1.807, 2.05) is 12.1 Å². The first kappa shape index (κ1) is 9.39. The lowest BCUT2D eigenvalue weighted by atomic mass is 10.3. The molecule has 0 aliphatic heterocycles. The number of aromatic nitrogens is 3. The predicted octanol–water partition coefficient (Wildman–Crippen LogP) is 0.744. The molecule has 5 nitrogen and oxygen atoms in total. The average Bonchev–Trinajstić information content (AvgIpc) is 2.29. The monoisotopic (exact) mass is 203 g/mol. The summed E-state index contributed by atoms with van der Waals surface area (Å²) < 4.78 is 5.30. The van der Waals surface area contributed by atoms with Crippen molar-refractivity contribution in [2.45, 2.75) is 6.61 Å². The van der Waals surface area contributed by atoms with Gasteiger partial charge < -0.3 is 4.74 Å². The molecule has 0 atom stereocenters. The maximum atomic E-state index is 11.2. The van der Waals surface area contributed by atoms with E-state index in [-0.39, 0.29) is 11.3 Å². The van der Waals surface area contributed by atoms with E-state index in [4.69, 9.17) is 4.74 Å². The predicted molar refractivity (Wildman–Crippen MR) is 53.4 cm³/mol. The van der Waals surface area contributed by atoms with E-state index in [0.717, 1.165) is 5.56 Å². The summed E-state index contributed by atoms with van der Waals surface area (Å²) in [4.78, 5) is 15.1. The van der Waals surface area contributed by atoms with Gasteiger partial charge in [-0.25, -0.2) is 5.10 Å². The van der Waals surface area contributed by atoms with Crippen LogP contribution >= 0.6 is 0 Å². The molecule has 15 heavy (non-hydrogen) atoms. The van der Waals surface area contributed by atoms with Gasteiger partial charge in [-0.1, -0.05) is 6.07 Å². The Morgan fingerprint density at radius 2 is 2.27 bits per heavy atom. The highest BCUT2D eigenvalue weighted by atomic mass is 16.5. The summed E-state index contributed by atoms with van der Waals surface area (Å²) in [5.41, 5.74) is 0.579. The Kier molecular flexibility index (Phi) is 2.73. The number of ether oxygens (including phenoxy) is 1. The van der Waals surface area contributed by atoms with E-state index in [0.29, 0.717) is 6.61 Å². The Balaban J connectivity index is 2.06. The number of hydrogen-bond donors (Lipinski definition) is 1.